The van der Waals surface area contributed by atoms with Crippen LogP contribution in [0.15, 0.2) is 18.3 Å². The lowest BCUT2D eigenvalue weighted by atomic mass is 9.95. The quantitative estimate of drug-likeness (QED) is 0.843. The van der Waals surface area contributed by atoms with E-state index in [1.165, 1.54) is 11.4 Å². The number of hydrogen-bond donors (Lipinski definition) is 2. The van der Waals surface area contributed by atoms with Gasteiger partial charge < -0.3 is 15.5 Å². The molecule has 4 rings (SSSR count). The lowest BCUT2D eigenvalue weighted by molar-refractivity contribution is 0.0926. The van der Waals surface area contributed by atoms with Crippen LogP contribution < -0.4 is 15.5 Å². The van der Waals surface area contributed by atoms with E-state index in [9.17, 15) is 4.79 Å². The predicted molar refractivity (Wildman–Crippen MR) is 108 cm³/mol. The Balaban J connectivity index is 1.54. The molecule has 4 heterocycles. The zero-order valence-electron chi connectivity index (χ0n) is 16.0. The molecule has 0 aliphatic carbocycles. The van der Waals surface area contributed by atoms with E-state index >= 15 is 0 Å². The summed E-state index contributed by atoms with van der Waals surface area (Å²) in [6, 6.07) is 6.26. The summed E-state index contributed by atoms with van der Waals surface area (Å²) < 4.78 is 1.12. The maximum atomic E-state index is 12.7. The second kappa shape index (κ2) is 6.82. The van der Waals surface area contributed by atoms with Crippen molar-refractivity contribution in [1.29, 1.82) is 0 Å². The summed E-state index contributed by atoms with van der Waals surface area (Å²) in [5.41, 5.74) is 0.523. The molecule has 0 saturated carbocycles. The van der Waals surface area contributed by atoms with Crippen molar-refractivity contribution in [3.05, 3.63) is 24.0 Å². The molecule has 2 aliphatic heterocycles. The molecule has 0 radical (unpaired) electrons. The Morgan fingerprint density at radius 3 is 2.65 bits per heavy atom. The molecule has 0 aromatic carbocycles. The molecule has 26 heavy (non-hydrogen) atoms. The fourth-order valence-electron chi connectivity index (χ4n) is 4.50. The highest BCUT2D eigenvalue weighted by atomic mass is 32.1. The van der Waals surface area contributed by atoms with Gasteiger partial charge in [-0.3, -0.25) is 9.78 Å². The van der Waals surface area contributed by atoms with Gasteiger partial charge in [0, 0.05) is 46.5 Å². The molecule has 1 amide bonds. The fourth-order valence-corrected chi connectivity index (χ4v) is 5.84. The van der Waals surface area contributed by atoms with E-state index in [1.54, 1.807) is 11.3 Å². The third-order valence-corrected chi connectivity index (χ3v) is 6.72. The van der Waals surface area contributed by atoms with Gasteiger partial charge in [-0.2, -0.15) is 0 Å². The van der Waals surface area contributed by atoms with Crippen LogP contribution >= 0.6 is 11.3 Å². The molecule has 2 aromatic heterocycles. The molecule has 0 unspecified atom stereocenters. The highest BCUT2D eigenvalue weighted by molar-refractivity contribution is 7.22. The largest absolute Gasteiger partial charge is 0.359 e. The second-order valence-corrected chi connectivity index (χ2v) is 9.21. The Kier molecular flexibility index (Phi) is 4.65. The number of thiophene rings is 1. The molecule has 2 N–H and O–H groups in total. The van der Waals surface area contributed by atoms with Crippen molar-refractivity contribution in [3.8, 4) is 0 Å². The predicted octanol–water partition coefficient (Wildman–Crippen LogP) is 3.54. The Labute approximate surface area is 159 Å². The summed E-state index contributed by atoms with van der Waals surface area (Å²) in [5.74, 6) is -0.0502. The molecule has 2 saturated heterocycles. The van der Waals surface area contributed by atoms with Crippen LogP contribution in [0.3, 0.4) is 0 Å². The van der Waals surface area contributed by atoms with Gasteiger partial charge >= 0.3 is 0 Å². The maximum absolute atomic E-state index is 12.7. The van der Waals surface area contributed by atoms with Crippen LogP contribution in [0.4, 0.5) is 5.00 Å². The number of fused-ring (bicyclic) bond motifs is 3. The van der Waals surface area contributed by atoms with Crippen molar-refractivity contribution >= 4 is 32.3 Å². The Hall–Kier alpha value is -1.66. The highest BCUT2D eigenvalue weighted by Crippen LogP contribution is 2.35. The smallest absolute Gasteiger partial charge is 0.270 e. The number of anilines is 1. The lowest BCUT2D eigenvalue weighted by Crippen LogP contribution is -2.43. The summed E-state index contributed by atoms with van der Waals surface area (Å²) >= 11 is 1.74. The van der Waals surface area contributed by atoms with Crippen LogP contribution in [0, 0.1) is 0 Å². The SMILES string of the molecule is CC(C)N(c1cc2cnc(C(=O)N[C@@H]3C[C@H]4CC[C@@H]3N4)cc2s1)C(C)C. The van der Waals surface area contributed by atoms with Crippen LogP contribution in [-0.4, -0.2) is 41.1 Å². The van der Waals surface area contributed by atoms with Crippen LogP contribution in [0.1, 0.15) is 57.4 Å². The molecule has 6 heteroatoms. The first-order valence-corrected chi connectivity index (χ1v) is 10.5. The fraction of sp³-hybridized carbons (Fsp3) is 0.600. The van der Waals surface area contributed by atoms with Gasteiger partial charge in [0.05, 0.1) is 5.00 Å². The van der Waals surface area contributed by atoms with Gasteiger partial charge in [-0.05, 0) is 59.1 Å². The Morgan fingerprint density at radius 2 is 2.04 bits per heavy atom. The summed E-state index contributed by atoms with van der Waals surface area (Å²) in [4.78, 5) is 19.5. The van der Waals surface area contributed by atoms with Crippen molar-refractivity contribution in [2.45, 2.75) is 77.2 Å². The Morgan fingerprint density at radius 1 is 1.27 bits per heavy atom. The van der Waals surface area contributed by atoms with Crippen LogP contribution in [0.25, 0.3) is 10.1 Å². The normalized spacial score (nSPS) is 24.8. The number of nitrogens with one attached hydrogen (secondary N) is 2. The van der Waals surface area contributed by atoms with Crippen molar-refractivity contribution in [1.82, 2.24) is 15.6 Å². The summed E-state index contributed by atoms with van der Waals surface area (Å²) in [7, 11) is 0. The van der Waals surface area contributed by atoms with E-state index in [1.807, 2.05) is 12.3 Å². The van der Waals surface area contributed by atoms with Gasteiger partial charge in [0.1, 0.15) is 5.69 Å². The van der Waals surface area contributed by atoms with Gasteiger partial charge in [-0.15, -0.1) is 11.3 Å². The van der Waals surface area contributed by atoms with Crippen molar-refractivity contribution in [2.24, 2.45) is 0 Å². The number of carbonyl (C=O) groups excluding carboxylic acids is 1. The number of pyridine rings is 1. The summed E-state index contributed by atoms with van der Waals surface area (Å²) in [5, 5.41) is 9.09. The highest BCUT2D eigenvalue weighted by Gasteiger charge is 2.39. The minimum Gasteiger partial charge on any atom is -0.359 e. The topological polar surface area (TPSA) is 57.3 Å². The van der Waals surface area contributed by atoms with E-state index in [2.05, 4.69) is 54.3 Å². The molecule has 5 nitrogen and oxygen atoms in total. The average Bonchev–Trinajstić information content (AvgIpc) is 3.27. The van der Waals surface area contributed by atoms with Gasteiger partial charge in [0.2, 0.25) is 0 Å². The van der Waals surface area contributed by atoms with Crippen LogP contribution in [0.5, 0.6) is 0 Å². The molecule has 2 aromatic rings. The first-order chi connectivity index (χ1) is 12.4. The minimum absolute atomic E-state index is 0.0502. The van der Waals surface area contributed by atoms with E-state index in [0.717, 1.165) is 22.9 Å². The number of aromatic nitrogens is 1. The molecule has 140 valence electrons. The first kappa shape index (κ1) is 17.7. The number of carbonyl (C=O) groups is 1. The number of hydrogen-bond acceptors (Lipinski definition) is 5. The van der Waals surface area contributed by atoms with Crippen LogP contribution in [0.2, 0.25) is 0 Å². The molecule has 2 fully saturated rings. The monoisotopic (exact) mass is 372 g/mol. The molecule has 2 bridgehead atoms. The van der Waals surface area contributed by atoms with E-state index in [0.29, 0.717) is 29.9 Å². The van der Waals surface area contributed by atoms with E-state index < -0.39 is 0 Å². The Bertz CT molecular complexity index is 807. The van der Waals surface area contributed by atoms with Gasteiger partial charge in [0.25, 0.3) is 5.91 Å². The molecular weight excluding hydrogens is 344 g/mol. The van der Waals surface area contributed by atoms with Gasteiger partial charge in [-0.1, -0.05) is 0 Å². The lowest BCUT2D eigenvalue weighted by Gasteiger charge is -2.31. The standard InChI is InChI=1S/C20H28N4OS/c1-11(2)24(12(3)4)19-7-13-10-21-17(9-18(13)26-19)20(25)23-16-8-14-5-6-15(16)22-14/h7,9-12,14-16,22H,5-6,8H2,1-4H3,(H,23,25)/t14-,15+,16-/m1/s1. The van der Waals surface area contributed by atoms with Crippen molar-refractivity contribution in [2.75, 3.05) is 4.90 Å². The third kappa shape index (κ3) is 3.21. The van der Waals surface area contributed by atoms with E-state index in [4.69, 9.17) is 0 Å². The van der Waals surface area contributed by atoms with Crippen molar-refractivity contribution < 1.29 is 4.79 Å². The molecule has 2 aliphatic rings. The average molecular weight is 373 g/mol. The van der Waals surface area contributed by atoms with Gasteiger partial charge in [-0.25, -0.2) is 0 Å². The molecule has 3 atom stereocenters. The zero-order chi connectivity index (χ0) is 18.4. The molecular formula is C20H28N4OS. The minimum atomic E-state index is -0.0502. The zero-order valence-corrected chi connectivity index (χ0v) is 16.8. The molecule has 0 spiro atoms. The first-order valence-electron chi connectivity index (χ1n) is 9.67. The second-order valence-electron chi connectivity index (χ2n) is 8.15. The van der Waals surface area contributed by atoms with Crippen molar-refractivity contribution in [3.63, 3.8) is 0 Å². The van der Waals surface area contributed by atoms with Crippen LogP contribution in [-0.2, 0) is 0 Å². The summed E-state index contributed by atoms with van der Waals surface area (Å²) in [6.45, 7) is 8.85. The number of nitrogens with zero attached hydrogens (tertiary/aromatic N) is 2. The summed E-state index contributed by atoms with van der Waals surface area (Å²) in [6.07, 6.45) is 5.28. The van der Waals surface area contributed by atoms with Gasteiger partial charge in [0.15, 0.2) is 0 Å². The number of amides is 1. The number of rotatable bonds is 5. The van der Waals surface area contributed by atoms with E-state index in [-0.39, 0.29) is 11.9 Å². The third-order valence-electron chi connectivity index (χ3n) is 5.60. The maximum Gasteiger partial charge on any atom is 0.270 e.